The van der Waals surface area contributed by atoms with Gasteiger partial charge in [-0.3, -0.25) is 0 Å². The maximum atomic E-state index is 12.9. The number of nitrogens with zero attached hydrogens (tertiary/aromatic N) is 1. The van der Waals surface area contributed by atoms with Gasteiger partial charge in [-0.2, -0.15) is 0 Å². The van der Waals surface area contributed by atoms with Crippen LogP contribution in [0.5, 0.6) is 0 Å². The molecule has 0 unspecified atom stereocenters. The number of alkyl halides is 2. The summed E-state index contributed by atoms with van der Waals surface area (Å²) in [4.78, 5) is 6.75. The molecule has 0 spiro atoms. The molecule has 0 aliphatic carbocycles. The van der Waals surface area contributed by atoms with E-state index < -0.39 is 16.4 Å². The van der Waals surface area contributed by atoms with Crippen LogP contribution >= 0.6 is 0 Å². The Morgan fingerprint density at radius 2 is 1.92 bits per heavy atom. The molecular weight excluding hydrogens is 350 g/mol. The van der Waals surface area contributed by atoms with E-state index >= 15 is 0 Å². The zero-order valence-corrected chi connectivity index (χ0v) is 13.9. The van der Waals surface area contributed by atoms with Crippen LogP contribution in [0, 0.1) is 0 Å². The van der Waals surface area contributed by atoms with Crippen molar-refractivity contribution in [2.45, 2.75) is 11.3 Å². The molecule has 132 valence electrons. The van der Waals surface area contributed by atoms with Gasteiger partial charge in [0, 0.05) is 24.7 Å². The number of sulfonamides is 1. The first-order chi connectivity index (χ1) is 11.9. The van der Waals surface area contributed by atoms with Gasteiger partial charge in [-0.1, -0.05) is 12.1 Å². The Hall–Kier alpha value is -2.36. The maximum Gasteiger partial charge on any atom is 0.278 e. The van der Waals surface area contributed by atoms with Crippen LogP contribution in [0.3, 0.4) is 0 Å². The third-order valence-corrected chi connectivity index (χ3v) is 5.18. The second kappa shape index (κ2) is 6.87. The van der Waals surface area contributed by atoms with E-state index in [1.54, 1.807) is 18.2 Å². The van der Waals surface area contributed by atoms with Gasteiger partial charge in [0.25, 0.3) is 6.43 Å². The summed E-state index contributed by atoms with van der Waals surface area (Å²) < 4.78 is 52.3. The van der Waals surface area contributed by atoms with E-state index in [1.165, 1.54) is 24.4 Å². The van der Waals surface area contributed by atoms with E-state index in [0.717, 1.165) is 0 Å². The standard InChI is InChI=1S/C16H16F2N4O2S/c17-15(18)14-9-13-12(5-7-20-16(13)22-14)10-1-3-11(4-2-10)25(23,24)21-8-6-19/h1-5,7,9,15,21H,6,8,19H2,(H,20,22). The van der Waals surface area contributed by atoms with Crippen molar-refractivity contribution in [2.24, 2.45) is 5.73 Å². The topological polar surface area (TPSA) is 101 Å². The molecule has 0 amide bonds. The van der Waals surface area contributed by atoms with Crippen LogP contribution in [0.15, 0.2) is 47.5 Å². The molecule has 4 N–H and O–H groups in total. The highest BCUT2D eigenvalue weighted by Crippen LogP contribution is 2.31. The number of fused-ring (bicyclic) bond motifs is 1. The van der Waals surface area contributed by atoms with Gasteiger partial charge in [0.15, 0.2) is 0 Å². The second-order valence-corrected chi connectivity index (χ2v) is 7.12. The third kappa shape index (κ3) is 3.53. The van der Waals surface area contributed by atoms with Crippen LogP contribution in [0.2, 0.25) is 0 Å². The molecule has 1 aromatic carbocycles. The quantitative estimate of drug-likeness (QED) is 0.623. The monoisotopic (exact) mass is 366 g/mol. The van der Waals surface area contributed by atoms with Gasteiger partial charge in [-0.25, -0.2) is 26.9 Å². The molecule has 2 aromatic heterocycles. The van der Waals surface area contributed by atoms with E-state index in [0.29, 0.717) is 22.2 Å². The lowest BCUT2D eigenvalue weighted by Crippen LogP contribution is -2.29. The number of aromatic amines is 1. The Balaban J connectivity index is 1.99. The van der Waals surface area contributed by atoms with Gasteiger partial charge >= 0.3 is 0 Å². The summed E-state index contributed by atoms with van der Waals surface area (Å²) in [5.74, 6) is 0. The molecule has 0 aliphatic rings. The van der Waals surface area contributed by atoms with Crippen molar-refractivity contribution in [3.63, 3.8) is 0 Å². The molecule has 0 bridgehead atoms. The Kier molecular flexibility index (Phi) is 4.80. The van der Waals surface area contributed by atoms with Crippen LogP contribution in [0.25, 0.3) is 22.2 Å². The van der Waals surface area contributed by atoms with Crippen molar-refractivity contribution >= 4 is 21.1 Å². The minimum absolute atomic E-state index is 0.109. The van der Waals surface area contributed by atoms with E-state index in [-0.39, 0.29) is 23.7 Å². The van der Waals surface area contributed by atoms with Crippen molar-refractivity contribution < 1.29 is 17.2 Å². The van der Waals surface area contributed by atoms with Crippen molar-refractivity contribution in [1.82, 2.24) is 14.7 Å². The molecule has 3 aromatic rings. The minimum atomic E-state index is -3.62. The van der Waals surface area contributed by atoms with Gasteiger partial charge in [0.2, 0.25) is 10.0 Å². The number of H-pyrrole nitrogens is 1. The Morgan fingerprint density at radius 3 is 2.56 bits per heavy atom. The first-order valence-electron chi connectivity index (χ1n) is 7.48. The SMILES string of the molecule is NCCNS(=O)(=O)c1ccc(-c2ccnc3[nH]c(C(F)F)cc23)cc1. The summed E-state index contributed by atoms with van der Waals surface area (Å²) in [6, 6.07) is 9.22. The number of aromatic nitrogens is 2. The van der Waals surface area contributed by atoms with Gasteiger partial charge < -0.3 is 10.7 Å². The molecule has 0 fully saturated rings. The number of hydrogen-bond acceptors (Lipinski definition) is 4. The van der Waals surface area contributed by atoms with Gasteiger partial charge in [0.05, 0.1) is 10.6 Å². The minimum Gasteiger partial charge on any atom is -0.338 e. The highest BCUT2D eigenvalue weighted by Gasteiger charge is 2.16. The van der Waals surface area contributed by atoms with Crippen molar-refractivity contribution in [3.8, 4) is 11.1 Å². The summed E-state index contributed by atoms with van der Waals surface area (Å²) in [5, 5.41) is 0.551. The van der Waals surface area contributed by atoms with Gasteiger partial charge in [-0.15, -0.1) is 0 Å². The fourth-order valence-corrected chi connectivity index (χ4v) is 3.55. The first kappa shape index (κ1) is 17.5. The first-order valence-corrected chi connectivity index (χ1v) is 8.96. The van der Waals surface area contributed by atoms with Crippen LogP contribution in [0.4, 0.5) is 8.78 Å². The Bertz CT molecular complexity index is 985. The lowest BCUT2D eigenvalue weighted by Gasteiger charge is -2.07. The predicted molar refractivity (Wildman–Crippen MR) is 90.7 cm³/mol. The predicted octanol–water partition coefficient (Wildman–Crippen LogP) is 2.40. The molecule has 0 radical (unpaired) electrons. The number of halogens is 2. The van der Waals surface area contributed by atoms with Crippen LogP contribution in [-0.4, -0.2) is 31.5 Å². The number of hydrogen-bond donors (Lipinski definition) is 3. The fourth-order valence-electron chi connectivity index (χ4n) is 2.51. The third-order valence-electron chi connectivity index (χ3n) is 3.70. The van der Waals surface area contributed by atoms with E-state index in [4.69, 9.17) is 5.73 Å². The summed E-state index contributed by atoms with van der Waals surface area (Å²) in [6.07, 6.45) is -1.11. The maximum absolute atomic E-state index is 12.9. The smallest absolute Gasteiger partial charge is 0.278 e. The molecule has 0 saturated heterocycles. The van der Waals surface area contributed by atoms with Crippen LogP contribution < -0.4 is 10.5 Å². The fraction of sp³-hybridized carbons (Fsp3) is 0.188. The number of benzene rings is 1. The Morgan fingerprint density at radius 1 is 1.20 bits per heavy atom. The number of nitrogens with one attached hydrogen (secondary N) is 2. The number of pyridine rings is 1. The average molecular weight is 366 g/mol. The summed E-state index contributed by atoms with van der Waals surface area (Å²) in [7, 11) is -3.62. The summed E-state index contributed by atoms with van der Waals surface area (Å²) in [5.41, 5.74) is 6.83. The number of nitrogens with two attached hydrogens (primary N) is 1. The number of rotatable bonds is 6. The second-order valence-electron chi connectivity index (χ2n) is 5.36. The van der Waals surface area contributed by atoms with E-state index in [1.807, 2.05) is 0 Å². The van der Waals surface area contributed by atoms with E-state index in [9.17, 15) is 17.2 Å². The lowest BCUT2D eigenvalue weighted by molar-refractivity contribution is 0.147. The lowest BCUT2D eigenvalue weighted by atomic mass is 10.0. The zero-order valence-electron chi connectivity index (χ0n) is 13.0. The molecule has 0 atom stereocenters. The molecule has 2 heterocycles. The largest absolute Gasteiger partial charge is 0.338 e. The zero-order chi connectivity index (χ0) is 18.0. The normalized spacial score (nSPS) is 12.2. The van der Waals surface area contributed by atoms with Crippen molar-refractivity contribution in [1.29, 1.82) is 0 Å². The van der Waals surface area contributed by atoms with Crippen LogP contribution in [-0.2, 0) is 10.0 Å². The van der Waals surface area contributed by atoms with Gasteiger partial charge in [0.1, 0.15) is 5.65 Å². The molecule has 9 heteroatoms. The highest BCUT2D eigenvalue weighted by molar-refractivity contribution is 7.89. The molecular formula is C16H16F2N4O2S. The summed E-state index contributed by atoms with van der Waals surface area (Å²) >= 11 is 0. The molecule has 0 aliphatic heterocycles. The molecule has 6 nitrogen and oxygen atoms in total. The molecule has 0 saturated carbocycles. The van der Waals surface area contributed by atoms with Crippen LogP contribution in [0.1, 0.15) is 12.1 Å². The van der Waals surface area contributed by atoms with Crippen molar-refractivity contribution in [3.05, 3.63) is 48.3 Å². The van der Waals surface area contributed by atoms with Crippen molar-refractivity contribution in [2.75, 3.05) is 13.1 Å². The molecule has 25 heavy (non-hydrogen) atoms. The Labute approximate surface area is 143 Å². The van der Waals surface area contributed by atoms with Gasteiger partial charge in [-0.05, 0) is 35.4 Å². The highest BCUT2D eigenvalue weighted by atomic mass is 32.2. The molecule has 3 rings (SSSR count). The van der Waals surface area contributed by atoms with E-state index in [2.05, 4.69) is 14.7 Å². The average Bonchev–Trinajstić information content (AvgIpc) is 3.05. The summed E-state index contributed by atoms with van der Waals surface area (Å²) in [6.45, 7) is 0.348.